The molecule has 0 spiro atoms. The van der Waals surface area contributed by atoms with Crippen LogP contribution in [0.3, 0.4) is 0 Å². The predicted molar refractivity (Wildman–Crippen MR) is 54.2 cm³/mol. The molecule has 1 atom stereocenters. The van der Waals surface area contributed by atoms with E-state index in [1.54, 1.807) is 0 Å². The first kappa shape index (κ1) is 10.4. The average molecular weight is 200 g/mol. The molecule has 0 bridgehead atoms. The summed E-state index contributed by atoms with van der Waals surface area (Å²) in [6, 6.07) is 0. The van der Waals surface area contributed by atoms with Crippen molar-refractivity contribution in [2.45, 2.75) is 40.0 Å². The number of hydrogen-bond donors (Lipinski definition) is 1. The Morgan fingerprint density at radius 1 is 1.54 bits per heavy atom. The molecule has 0 saturated heterocycles. The van der Waals surface area contributed by atoms with Crippen molar-refractivity contribution in [1.82, 2.24) is 10.1 Å². The minimum absolute atomic E-state index is 0.288. The van der Waals surface area contributed by atoms with Gasteiger partial charge in [-0.05, 0) is 24.1 Å². The molecule has 0 amide bonds. The third-order valence-corrected chi connectivity index (χ3v) is 2.01. The molecule has 1 aromatic heterocycles. The highest BCUT2D eigenvalue weighted by Gasteiger charge is 2.18. The third-order valence-electron chi connectivity index (χ3n) is 1.84. The molecular weight excluding hydrogens is 184 g/mol. The molecule has 1 rings (SSSR count). The van der Waals surface area contributed by atoms with Crippen molar-refractivity contribution in [3.63, 3.8) is 0 Å². The molecule has 1 aromatic rings. The largest absolute Gasteiger partial charge is 0.348 e. The van der Waals surface area contributed by atoms with Gasteiger partial charge in [0.2, 0.25) is 0 Å². The molecule has 0 saturated carbocycles. The quantitative estimate of drug-likeness (QED) is 0.745. The zero-order valence-electron chi connectivity index (χ0n) is 8.55. The maximum atomic E-state index is 4.88. The molecule has 0 aliphatic heterocycles. The number of aromatic nitrogens is 2. The van der Waals surface area contributed by atoms with Gasteiger partial charge in [-0.2, -0.15) is 4.98 Å². The topological polar surface area (TPSA) is 41.8 Å². The van der Waals surface area contributed by atoms with Crippen LogP contribution in [0.25, 0.3) is 0 Å². The summed E-state index contributed by atoms with van der Waals surface area (Å²) in [4.78, 5) is 4.38. The maximum Gasteiger partial charge on any atom is 0.314 e. The lowest BCUT2D eigenvalue weighted by Crippen LogP contribution is -2.10. The Bertz CT molecular complexity index is 321. The van der Waals surface area contributed by atoms with Crippen molar-refractivity contribution in [1.29, 1.82) is 0 Å². The fourth-order valence-corrected chi connectivity index (χ4v) is 1.61. The lowest BCUT2D eigenvalue weighted by atomic mass is 9.85. The van der Waals surface area contributed by atoms with E-state index in [1.807, 2.05) is 0 Å². The van der Waals surface area contributed by atoms with Gasteiger partial charge in [-0.3, -0.25) is 0 Å². The van der Waals surface area contributed by atoms with Crippen molar-refractivity contribution in [3.8, 4) is 0 Å². The second kappa shape index (κ2) is 3.62. The number of nitrogens with zero attached hydrogens (tertiary/aromatic N) is 1. The van der Waals surface area contributed by atoms with E-state index in [0.29, 0.717) is 11.3 Å². The van der Waals surface area contributed by atoms with Crippen LogP contribution in [0.15, 0.2) is 4.52 Å². The number of hydrogen-bond acceptors (Lipinski definition) is 3. The Hall–Kier alpha value is -0.640. The fraction of sp³-hybridized carbons (Fsp3) is 0.778. The SMILES string of the molecule is CC(CC(C)(C)C)c1nc(=S)o[nH]1. The molecule has 0 aliphatic carbocycles. The van der Waals surface area contributed by atoms with Gasteiger partial charge >= 0.3 is 4.84 Å². The highest BCUT2D eigenvalue weighted by Crippen LogP contribution is 2.28. The van der Waals surface area contributed by atoms with Gasteiger partial charge in [0, 0.05) is 5.92 Å². The molecule has 3 nitrogen and oxygen atoms in total. The number of H-pyrrole nitrogens is 1. The van der Waals surface area contributed by atoms with Gasteiger partial charge in [0.05, 0.1) is 0 Å². The van der Waals surface area contributed by atoms with Gasteiger partial charge in [0.25, 0.3) is 0 Å². The molecule has 0 fully saturated rings. The standard InChI is InChI=1S/C9H16N2OS/c1-6(5-9(2,3)4)7-10-8(13)12-11-7/h6H,5H2,1-4H3,(H,10,11,13). The Labute approximate surface area is 83.5 Å². The van der Waals surface area contributed by atoms with E-state index >= 15 is 0 Å². The zero-order valence-corrected chi connectivity index (χ0v) is 9.36. The van der Waals surface area contributed by atoms with Gasteiger partial charge in [0.15, 0.2) is 0 Å². The van der Waals surface area contributed by atoms with E-state index in [-0.39, 0.29) is 4.84 Å². The maximum absolute atomic E-state index is 4.88. The highest BCUT2D eigenvalue weighted by molar-refractivity contribution is 7.71. The molecule has 4 heteroatoms. The molecule has 1 heterocycles. The van der Waals surface area contributed by atoms with Crippen LogP contribution in [0.5, 0.6) is 0 Å². The summed E-state index contributed by atoms with van der Waals surface area (Å²) in [5.74, 6) is 1.21. The second-order valence-electron chi connectivity index (χ2n) is 4.63. The molecule has 1 N–H and O–H groups in total. The van der Waals surface area contributed by atoms with Crippen molar-refractivity contribution >= 4 is 12.2 Å². The molecule has 1 unspecified atom stereocenters. The van der Waals surface area contributed by atoms with Gasteiger partial charge in [-0.25, -0.2) is 5.16 Å². The Kier molecular flexibility index (Phi) is 2.91. The molecule has 0 radical (unpaired) electrons. The molecule has 13 heavy (non-hydrogen) atoms. The first-order chi connectivity index (χ1) is 5.88. The van der Waals surface area contributed by atoms with Crippen LogP contribution < -0.4 is 0 Å². The van der Waals surface area contributed by atoms with Crippen molar-refractivity contribution in [3.05, 3.63) is 10.7 Å². The van der Waals surface area contributed by atoms with Gasteiger partial charge in [-0.1, -0.05) is 27.7 Å². The molecule has 0 aromatic carbocycles. The summed E-state index contributed by atoms with van der Waals surface area (Å²) in [6.45, 7) is 8.74. The zero-order chi connectivity index (χ0) is 10.1. The predicted octanol–water partition coefficient (Wildman–Crippen LogP) is 3.27. The summed E-state index contributed by atoms with van der Waals surface area (Å²) in [7, 11) is 0. The van der Waals surface area contributed by atoms with Crippen LogP contribution in [-0.4, -0.2) is 10.1 Å². The normalized spacial score (nSPS) is 14.5. The van der Waals surface area contributed by atoms with Gasteiger partial charge < -0.3 is 4.52 Å². The number of aromatic amines is 1. The summed E-state index contributed by atoms with van der Waals surface area (Å²) in [6.07, 6.45) is 1.06. The van der Waals surface area contributed by atoms with E-state index in [4.69, 9.17) is 16.7 Å². The Morgan fingerprint density at radius 2 is 2.15 bits per heavy atom. The Balaban J connectivity index is 2.69. The minimum Gasteiger partial charge on any atom is -0.348 e. The summed E-state index contributed by atoms with van der Waals surface area (Å²) in [5.41, 5.74) is 0.299. The minimum atomic E-state index is 0.288. The summed E-state index contributed by atoms with van der Waals surface area (Å²) in [5, 5.41) is 2.74. The smallest absolute Gasteiger partial charge is 0.314 e. The molecule has 74 valence electrons. The first-order valence-electron chi connectivity index (χ1n) is 4.44. The van der Waals surface area contributed by atoms with Crippen LogP contribution in [0.2, 0.25) is 0 Å². The van der Waals surface area contributed by atoms with Crippen molar-refractivity contribution in [2.75, 3.05) is 0 Å². The fourth-order valence-electron chi connectivity index (χ4n) is 1.47. The van der Waals surface area contributed by atoms with Crippen molar-refractivity contribution < 1.29 is 4.52 Å². The first-order valence-corrected chi connectivity index (χ1v) is 4.85. The van der Waals surface area contributed by atoms with Crippen LogP contribution in [0.1, 0.15) is 45.9 Å². The molecular formula is C9H16N2OS. The van der Waals surface area contributed by atoms with Gasteiger partial charge in [0.1, 0.15) is 5.82 Å². The van der Waals surface area contributed by atoms with E-state index < -0.39 is 0 Å². The monoisotopic (exact) mass is 200 g/mol. The lowest BCUT2D eigenvalue weighted by molar-refractivity contribution is 0.333. The van der Waals surface area contributed by atoms with Crippen LogP contribution in [0, 0.1) is 10.3 Å². The highest BCUT2D eigenvalue weighted by atomic mass is 32.1. The van der Waals surface area contributed by atoms with E-state index in [0.717, 1.165) is 12.2 Å². The van der Waals surface area contributed by atoms with Crippen LogP contribution in [0.4, 0.5) is 0 Å². The van der Waals surface area contributed by atoms with Gasteiger partial charge in [-0.15, -0.1) is 0 Å². The van der Waals surface area contributed by atoms with E-state index in [9.17, 15) is 0 Å². The van der Waals surface area contributed by atoms with Crippen LogP contribution >= 0.6 is 12.2 Å². The number of nitrogens with one attached hydrogen (secondary N) is 1. The van der Waals surface area contributed by atoms with Crippen LogP contribution in [-0.2, 0) is 0 Å². The van der Waals surface area contributed by atoms with E-state index in [1.165, 1.54) is 0 Å². The summed E-state index contributed by atoms with van der Waals surface area (Å²) >= 11 is 4.78. The second-order valence-corrected chi connectivity index (χ2v) is 4.98. The van der Waals surface area contributed by atoms with Crippen molar-refractivity contribution in [2.24, 2.45) is 5.41 Å². The average Bonchev–Trinajstić information content (AvgIpc) is 2.31. The van der Waals surface area contributed by atoms with E-state index in [2.05, 4.69) is 37.8 Å². The third kappa shape index (κ3) is 3.30. The molecule has 0 aliphatic rings. The lowest BCUT2D eigenvalue weighted by Gasteiger charge is -2.21. The number of rotatable bonds is 2. The summed E-state index contributed by atoms with van der Waals surface area (Å²) < 4.78 is 4.88. The Morgan fingerprint density at radius 3 is 2.54 bits per heavy atom.